The molecule has 1 saturated heterocycles. The smallest absolute Gasteiger partial charge is 0.233 e. The molecule has 1 unspecified atom stereocenters. The average molecular weight is 302 g/mol. The van der Waals surface area contributed by atoms with Crippen LogP contribution in [0.2, 0.25) is 0 Å². The van der Waals surface area contributed by atoms with Crippen LogP contribution in [0.25, 0.3) is 0 Å². The highest BCUT2D eigenvalue weighted by Crippen LogP contribution is 2.38. The third-order valence-corrected chi connectivity index (χ3v) is 4.62. The fraction of sp³-hybridized carbons (Fsp3) is 0.529. The van der Waals surface area contributed by atoms with Crippen LogP contribution in [0.1, 0.15) is 29.5 Å². The Hall–Kier alpha value is -2.04. The molecule has 1 N–H and O–H groups in total. The number of ether oxygens (including phenoxy) is 1. The number of benzene rings is 1. The molecule has 5 nitrogen and oxygen atoms in total. The molecule has 118 valence electrons. The predicted octanol–water partition coefficient (Wildman–Crippen LogP) is 1.37. The van der Waals surface area contributed by atoms with Crippen molar-refractivity contribution < 1.29 is 14.3 Å². The number of fused-ring (bicyclic) bond motifs is 1. The molecule has 0 spiro atoms. The van der Waals surface area contributed by atoms with Crippen LogP contribution < -0.4 is 10.1 Å². The highest BCUT2D eigenvalue weighted by molar-refractivity contribution is 5.89. The van der Waals surface area contributed by atoms with E-state index in [-0.39, 0.29) is 23.7 Å². The fourth-order valence-electron chi connectivity index (χ4n) is 3.04. The lowest BCUT2D eigenvalue weighted by atomic mass is 9.92. The molecule has 22 heavy (non-hydrogen) atoms. The van der Waals surface area contributed by atoms with E-state index in [0.717, 1.165) is 11.3 Å². The van der Waals surface area contributed by atoms with Crippen LogP contribution in [0.5, 0.6) is 5.75 Å². The van der Waals surface area contributed by atoms with E-state index in [1.54, 1.807) is 4.90 Å². The minimum Gasteiger partial charge on any atom is -0.492 e. The van der Waals surface area contributed by atoms with Crippen molar-refractivity contribution in [1.82, 2.24) is 10.2 Å². The molecule has 2 aliphatic heterocycles. The molecular weight excluding hydrogens is 280 g/mol. The standard InChI is InChI=1S/C17H22N2O3/c1-4-18-16(20)12-7-19(8-12)17(21)14-9-22-15-6-11(3)10(2)5-13(14)15/h5-6,12,14H,4,7-9H2,1-3H3,(H,18,20). The molecule has 1 aromatic rings. The van der Waals surface area contributed by atoms with Gasteiger partial charge >= 0.3 is 0 Å². The number of nitrogens with one attached hydrogen (secondary N) is 1. The minimum atomic E-state index is -0.232. The van der Waals surface area contributed by atoms with Gasteiger partial charge in [-0.3, -0.25) is 9.59 Å². The van der Waals surface area contributed by atoms with Crippen LogP contribution in [0.15, 0.2) is 12.1 Å². The van der Waals surface area contributed by atoms with E-state index in [2.05, 4.69) is 11.4 Å². The molecule has 0 radical (unpaired) electrons. The van der Waals surface area contributed by atoms with E-state index in [9.17, 15) is 9.59 Å². The van der Waals surface area contributed by atoms with Crippen LogP contribution >= 0.6 is 0 Å². The third kappa shape index (κ3) is 2.45. The van der Waals surface area contributed by atoms with Crippen molar-refractivity contribution in [2.45, 2.75) is 26.7 Å². The summed E-state index contributed by atoms with van der Waals surface area (Å²) in [6, 6.07) is 4.06. The van der Waals surface area contributed by atoms with Crippen molar-refractivity contribution in [2.24, 2.45) is 5.92 Å². The summed E-state index contributed by atoms with van der Waals surface area (Å²) in [5.74, 6) is 0.640. The van der Waals surface area contributed by atoms with Crippen molar-refractivity contribution in [3.63, 3.8) is 0 Å². The molecule has 1 fully saturated rings. The maximum Gasteiger partial charge on any atom is 0.233 e. The van der Waals surface area contributed by atoms with Gasteiger partial charge in [-0.05, 0) is 38.0 Å². The topological polar surface area (TPSA) is 58.6 Å². The molecule has 2 aliphatic rings. The first-order valence-corrected chi connectivity index (χ1v) is 7.81. The summed E-state index contributed by atoms with van der Waals surface area (Å²) in [4.78, 5) is 26.1. The SMILES string of the molecule is CCNC(=O)C1CN(C(=O)C2COc3cc(C)c(C)cc32)C1. The normalized spacial score (nSPS) is 20.1. The van der Waals surface area contributed by atoms with Gasteiger partial charge in [0.05, 0.1) is 5.92 Å². The van der Waals surface area contributed by atoms with Crippen molar-refractivity contribution in [1.29, 1.82) is 0 Å². The molecule has 0 aliphatic carbocycles. The Morgan fingerprint density at radius 3 is 2.64 bits per heavy atom. The van der Waals surface area contributed by atoms with E-state index in [0.29, 0.717) is 26.2 Å². The Labute approximate surface area is 130 Å². The first kappa shape index (κ1) is 14.9. The predicted molar refractivity (Wildman–Crippen MR) is 82.9 cm³/mol. The molecule has 1 aromatic carbocycles. The number of hydrogen-bond acceptors (Lipinski definition) is 3. The zero-order valence-electron chi connectivity index (χ0n) is 13.3. The van der Waals surface area contributed by atoms with Crippen molar-refractivity contribution in [2.75, 3.05) is 26.2 Å². The van der Waals surface area contributed by atoms with Crippen LogP contribution in [-0.4, -0.2) is 43.0 Å². The number of rotatable bonds is 3. The second-order valence-corrected chi connectivity index (χ2v) is 6.17. The number of carbonyl (C=O) groups excluding carboxylic acids is 2. The molecule has 1 atom stereocenters. The molecule has 2 heterocycles. The van der Waals surface area contributed by atoms with Crippen molar-refractivity contribution in [3.8, 4) is 5.75 Å². The molecule has 5 heteroatoms. The Bertz CT molecular complexity index is 621. The number of nitrogens with zero attached hydrogens (tertiary/aromatic N) is 1. The van der Waals surface area contributed by atoms with E-state index in [1.165, 1.54) is 11.1 Å². The van der Waals surface area contributed by atoms with Gasteiger partial charge in [-0.15, -0.1) is 0 Å². The highest BCUT2D eigenvalue weighted by Gasteiger charge is 2.41. The maximum absolute atomic E-state index is 12.6. The summed E-state index contributed by atoms with van der Waals surface area (Å²) in [7, 11) is 0. The van der Waals surface area contributed by atoms with Gasteiger partial charge in [-0.25, -0.2) is 0 Å². The number of carbonyl (C=O) groups is 2. The van der Waals surface area contributed by atoms with Gasteiger partial charge in [0.15, 0.2) is 0 Å². The Balaban J connectivity index is 1.67. The summed E-state index contributed by atoms with van der Waals surface area (Å²) >= 11 is 0. The van der Waals surface area contributed by atoms with Gasteiger partial charge in [0.2, 0.25) is 11.8 Å². The maximum atomic E-state index is 12.6. The Morgan fingerprint density at radius 2 is 1.95 bits per heavy atom. The van der Waals surface area contributed by atoms with E-state index < -0.39 is 0 Å². The number of hydrogen-bond donors (Lipinski definition) is 1. The van der Waals surface area contributed by atoms with Crippen LogP contribution in [0, 0.1) is 19.8 Å². The first-order chi connectivity index (χ1) is 10.5. The van der Waals surface area contributed by atoms with E-state index in [1.807, 2.05) is 26.8 Å². The summed E-state index contributed by atoms with van der Waals surface area (Å²) in [6.45, 7) is 8.05. The first-order valence-electron chi connectivity index (χ1n) is 7.81. The summed E-state index contributed by atoms with van der Waals surface area (Å²) in [6.07, 6.45) is 0. The van der Waals surface area contributed by atoms with Gasteiger partial charge < -0.3 is 15.0 Å². The lowest BCUT2D eigenvalue weighted by Crippen LogP contribution is -2.56. The number of amides is 2. The lowest BCUT2D eigenvalue weighted by molar-refractivity contribution is -0.144. The third-order valence-electron chi connectivity index (χ3n) is 4.62. The highest BCUT2D eigenvalue weighted by atomic mass is 16.5. The van der Waals surface area contributed by atoms with Crippen molar-refractivity contribution >= 4 is 11.8 Å². The molecule has 2 amide bonds. The Morgan fingerprint density at radius 1 is 1.27 bits per heavy atom. The second-order valence-electron chi connectivity index (χ2n) is 6.17. The summed E-state index contributed by atoms with van der Waals surface area (Å²) in [5.41, 5.74) is 3.33. The monoisotopic (exact) mass is 302 g/mol. The molecule has 0 aromatic heterocycles. The largest absolute Gasteiger partial charge is 0.492 e. The molecule has 0 bridgehead atoms. The van der Waals surface area contributed by atoms with Gasteiger partial charge in [-0.2, -0.15) is 0 Å². The Kier molecular flexibility index (Phi) is 3.81. The van der Waals surface area contributed by atoms with Gasteiger partial charge in [0.25, 0.3) is 0 Å². The minimum absolute atomic E-state index is 0.0427. The lowest BCUT2D eigenvalue weighted by Gasteiger charge is -2.39. The van der Waals surface area contributed by atoms with Crippen LogP contribution in [-0.2, 0) is 9.59 Å². The van der Waals surface area contributed by atoms with Crippen LogP contribution in [0.4, 0.5) is 0 Å². The zero-order valence-corrected chi connectivity index (χ0v) is 13.3. The van der Waals surface area contributed by atoms with Gasteiger partial charge in [-0.1, -0.05) is 6.07 Å². The quantitative estimate of drug-likeness (QED) is 0.917. The zero-order chi connectivity index (χ0) is 15.9. The second kappa shape index (κ2) is 5.63. The van der Waals surface area contributed by atoms with Gasteiger partial charge in [0.1, 0.15) is 18.3 Å². The van der Waals surface area contributed by atoms with E-state index in [4.69, 9.17) is 4.74 Å². The molecule has 0 saturated carbocycles. The van der Waals surface area contributed by atoms with Gasteiger partial charge in [0, 0.05) is 25.2 Å². The fourth-order valence-corrected chi connectivity index (χ4v) is 3.04. The number of aryl methyl sites for hydroxylation is 2. The van der Waals surface area contributed by atoms with Crippen molar-refractivity contribution in [3.05, 3.63) is 28.8 Å². The number of likely N-dealkylation sites (tertiary alicyclic amines) is 1. The van der Waals surface area contributed by atoms with E-state index >= 15 is 0 Å². The summed E-state index contributed by atoms with van der Waals surface area (Å²) in [5, 5.41) is 2.80. The average Bonchev–Trinajstić information content (AvgIpc) is 2.80. The summed E-state index contributed by atoms with van der Waals surface area (Å²) < 4.78 is 5.67. The molecular formula is C17H22N2O3. The van der Waals surface area contributed by atoms with Crippen LogP contribution in [0.3, 0.4) is 0 Å². The molecule has 3 rings (SSSR count).